The SMILES string of the molecule is CCCOC(=O)c1ccc(NC(=O)c2ccco2)cc1. The Hall–Kier alpha value is -2.56. The number of hydrogen-bond acceptors (Lipinski definition) is 4. The lowest BCUT2D eigenvalue weighted by Crippen LogP contribution is -2.11. The number of hydrogen-bond donors (Lipinski definition) is 1. The van der Waals surface area contributed by atoms with Crippen LogP contribution in [0, 0.1) is 0 Å². The quantitative estimate of drug-likeness (QED) is 0.850. The van der Waals surface area contributed by atoms with Gasteiger partial charge in [0.05, 0.1) is 18.4 Å². The molecule has 5 heteroatoms. The molecule has 20 heavy (non-hydrogen) atoms. The largest absolute Gasteiger partial charge is 0.462 e. The first-order valence-electron chi connectivity index (χ1n) is 6.32. The van der Waals surface area contributed by atoms with Crippen LogP contribution in [0.1, 0.15) is 34.3 Å². The van der Waals surface area contributed by atoms with Gasteiger partial charge < -0.3 is 14.5 Å². The van der Waals surface area contributed by atoms with Crippen LogP contribution in [0.2, 0.25) is 0 Å². The molecule has 0 fully saturated rings. The van der Waals surface area contributed by atoms with Gasteiger partial charge in [0.2, 0.25) is 0 Å². The molecule has 0 bridgehead atoms. The summed E-state index contributed by atoms with van der Waals surface area (Å²) in [5, 5.41) is 2.67. The maximum Gasteiger partial charge on any atom is 0.338 e. The first-order valence-corrected chi connectivity index (χ1v) is 6.32. The van der Waals surface area contributed by atoms with Crippen molar-refractivity contribution in [3.05, 3.63) is 54.0 Å². The number of carbonyl (C=O) groups is 2. The first kappa shape index (κ1) is 13.9. The van der Waals surface area contributed by atoms with Gasteiger partial charge in [0.15, 0.2) is 5.76 Å². The molecular weight excluding hydrogens is 258 g/mol. The summed E-state index contributed by atoms with van der Waals surface area (Å²) >= 11 is 0. The highest BCUT2D eigenvalue weighted by Gasteiger charge is 2.10. The maximum atomic E-state index is 11.7. The number of anilines is 1. The Morgan fingerprint density at radius 3 is 2.55 bits per heavy atom. The second-order valence-electron chi connectivity index (χ2n) is 4.14. The summed E-state index contributed by atoms with van der Waals surface area (Å²) in [6.07, 6.45) is 2.21. The van der Waals surface area contributed by atoms with Gasteiger partial charge in [-0.25, -0.2) is 4.79 Å². The Kier molecular flexibility index (Phi) is 4.55. The third-order valence-corrected chi connectivity index (χ3v) is 2.56. The zero-order chi connectivity index (χ0) is 14.4. The highest BCUT2D eigenvalue weighted by molar-refractivity contribution is 6.02. The van der Waals surface area contributed by atoms with Crippen LogP contribution in [0.3, 0.4) is 0 Å². The number of esters is 1. The van der Waals surface area contributed by atoms with E-state index in [0.29, 0.717) is 17.9 Å². The third-order valence-electron chi connectivity index (χ3n) is 2.56. The Morgan fingerprint density at radius 1 is 1.20 bits per heavy atom. The Bertz CT molecular complexity index is 572. The summed E-state index contributed by atoms with van der Waals surface area (Å²) in [7, 11) is 0. The van der Waals surface area contributed by atoms with Crippen LogP contribution < -0.4 is 5.32 Å². The molecule has 1 aromatic heterocycles. The summed E-state index contributed by atoms with van der Waals surface area (Å²) in [5.41, 5.74) is 1.04. The van der Waals surface area contributed by atoms with E-state index in [-0.39, 0.29) is 17.6 Å². The monoisotopic (exact) mass is 273 g/mol. The van der Waals surface area contributed by atoms with E-state index in [1.54, 1.807) is 36.4 Å². The van der Waals surface area contributed by atoms with Gasteiger partial charge in [0, 0.05) is 5.69 Å². The molecule has 2 rings (SSSR count). The van der Waals surface area contributed by atoms with E-state index in [0.717, 1.165) is 6.42 Å². The van der Waals surface area contributed by atoms with Gasteiger partial charge in [-0.3, -0.25) is 4.79 Å². The van der Waals surface area contributed by atoms with Crippen LogP contribution in [0.5, 0.6) is 0 Å². The average molecular weight is 273 g/mol. The second kappa shape index (κ2) is 6.56. The van der Waals surface area contributed by atoms with Gasteiger partial charge in [-0.15, -0.1) is 0 Å². The molecule has 0 aliphatic carbocycles. The van der Waals surface area contributed by atoms with Gasteiger partial charge in [0.1, 0.15) is 0 Å². The second-order valence-corrected chi connectivity index (χ2v) is 4.14. The summed E-state index contributed by atoms with van der Waals surface area (Å²) in [5.74, 6) is -0.469. The fourth-order valence-corrected chi connectivity index (χ4v) is 1.57. The van der Waals surface area contributed by atoms with Crippen LogP contribution >= 0.6 is 0 Å². The molecule has 1 amide bonds. The number of ether oxygens (including phenoxy) is 1. The van der Waals surface area contributed by atoms with E-state index >= 15 is 0 Å². The molecule has 5 nitrogen and oxygen atoms in total. The van der Waals surface area contributed by atoms with Crippen molar-refractivity contribution >= 4 is 17.6 Å². The van der Waals surface area contributed by atoms with Crippen molar-refractivity contribution in [1.82, 2.24) is 0 Å². The fraction of sp³-hybridized carbons (Fsp3) is 0.200. The van der Waals surface area contributed by atoms with E-state index in [1.807, 2.05) is 6.92 Å². The minimum atomic E-state index is -0.365. The smallest absolute Gasteiger partial charge is 0.338 e. The average Bonchev–Trinajstić information content (AvgIpc) is 3.00. The van der Waals surface area contributed by atoms with Crippen molar-refractivity contribution in [3.8, 4) is 0 Å². The molecule has 2 aromatic rings. The van der Waals surface area contributed by atoms with Crippen LogP contribution in [0.15, 0.2) is 47.1 Å². The molecule has 0 aliphatic heterocycles. The number of furan rings is 1. The molecule has 0 saturated heterocycles. The molecule has 0 unspecified atom stereocenters. The molecule has 0 atom stereocenters. The third kappa shape index (κ3) is 3.47. The summed E-state index contributed by atoms with van der Waals surface area (Å²) < 4.78 is 10.0. The zero-order valence-corrected chi connectivity index (χ0v) is 11.1. The summed E-state index contributed by atoms with van der Waals surface area (Å²) in [6, 6.07) is 9.71. The van der Waals surface area contributed by atoms with Crippen LogP contribution in [0.4, 0.5) is 5.69 Å². The lowest BCUT2D eigenvalue weighted by Gasteiger charge is -2.05. The van der Waals surface area contributed by atoms with Crippen molar-refractivity contribution in [1.29, 1.82) is 0 Å². The fourth-order valence-electron chi connectivity index (χ4n) is 1.57. The Labute approximate surface area is 116 Å². The predicted octanol–water partition coefficient (Wildman–Crippen LogP) is 3.10. The molecule has 0 aliphatic rings. The van der Waals surface area contributed by atoms with Crippen molar-refractivity contribution in [2.45, 2.75) is 13.3 Å². The van der Waals surface area contributed by atoms with Crippen LogP contribution in [0.25, 0.3) is 0 Å². The molecule has 0 spiro atoms. The highest BCUT2D eigenvalue weighted by Crippen LogP contribution is 2.12. The van der Waals surface area contributed by atoms with Crippen LogP contribution in [-0.2, 0) is 4.74 Å². The first-order chi connectivity index (χ1) is 9.70. The maximum absolute atomic E-state index is 11.7. The van der Waals surface area contributed by atoms with Gasteiger partial charge in [0.25, 0.3) is 5.91 Å². The van der Waals surface area contributed by atoms with Gasteiger partial charge in [-0.1, -0.05) is 6.92 Å². The normalized spacial score (nSPS) is 10.1. The number of carbonyl (C=O) groups excluding carboxylic acids is 2. The standard InChI is InChI=1S/C15H15NO4/c1-2-9-20-15(18)11-5-7-12(8-6-11)16-14(17)13-4-3-10-19-13/h3-8,10H,2,9H2,1H3,(H,16,17). The molecule has 104 valence electrons. The van der Waals surface area contributed by atoms with Crippen molar-refractivity contribution in [3.63, 3.8) is 0 Å². The minimum Gasteiger partial charge on any atom is -0.462 e. The molecule has 1 heterocycles. The van der Waals surface area contributed by atoms with Gasteiger partial charge in [-0.05, 0) is 42.8 Å². The Balaban J connectivity index is 1.98. The molecule has 1 N–H and O–H groups in total. The number of nitrogens with one attached hydrogen (secondary N) is 1. The predicted molar refractivity (Wildman–Crippen MR) is 73.7 cm³/mol. The molecular formula is C15H15NO4. The topological polar surface area (TPSA) is 68.5 Å². The van der Waals surface area contributed by atoms with Crippen molar-refractivity contribution in [2.75, 3.05) is 11.9 Å². The summed E-state index contributed by atoms with van der Waals surface area (Å²) in [4.78, 5) is 23.3. The van der Waals surface area contributed by atoms with Gasteiger partial charge in [-0.2, -0.15) is 0 Å². The number of amides is 1. The van der Waals surface area contributed by atoms with E-state index in [2.05, 4.69) is 5.32 Å². The lowest BCUT2D eigenvalue weighted by molar-refractivity contribution is 0.0505. The number of rotatable bonds is 5. The van der Waals surface area contributed by atoms with Crippen molar-refractivity contribution in [2.24, 2.45) is 0 Å². The molecule has 0 saturated carbocycles. The van der Waals surface area contributed by atoms with Gasteiger partial charge >= 0.3 is 5.97 Å². The summed E-state index contributed by atoms with van der Waals surface area (Å²) in [6.45, 7) is 2.33. The highest BCUT2D eigenvalue weighted by atomic mass is 16.5. The van der Waals surface area contributed by atoms with Crippen LogP contribution in [-0.4, -0.2) is 18.5 Å². The van der Waals surface area contributed by atoms with Crippen molar-refractivity contribution < 1.29 is 18.7 Å². The Morgan fingerprint density at radius 2 is 1.95 bits per heavy atom. The molecule has 0 radical (unpaired) electrons. The van der Waals surface area contributed by atoms with E-state index < -0.39 is 0 Å². The van der Waals surface area contributed by atoms with E-state index in [1.165, 1.54) is 6.26 Å². The lowest BCUT2D eigenvalue weighted by atomic mass is 10.2. The number of benzene rings is 1. The van der Waals surface area contributed by atoms with E-state index in [4.69, 9.17) is 9.15 Å². The zero-order valence-electron chi connectivity index (χ0n) is 11.1. The minimum absolute atomic E-state index is 0.233. The molecule has 1 aromatic carbocycles. The van der Waals surface area contributed by atoms with E-state index in [9.17, 15) is 9.59 Å².